The Morgan fingerprint density at radius 2 is 1.96 bits per heavy atom. The first kappa shape index (κ1) is 16.9. The molecule has 1 N–H and O–H groups in total. The van der Waals surface area contributed by atoms with Gasteiger partial charge in [0.1, 0.15) is 10.0 Å². The minimum absolute atomic E-state index is 0.185. The van der Waals surface area contributed by atoms with Gasteiger partial charge in [-0.25, -0.2) is 4.98 Å². The second-order valence-corrected chi connectivity index (χ2v) is 7.38. The van der Waals surface area contributed by atoms with Crippen LogP contribution >= 0.6 is 22.9 Å². The molecule has 0 spiro atoms. The zero-order chi connectivity index (χ0) is 18.1. The molecule has 0 amide bonds. The highest BCUT2D eigenvalue weighted by molar-refractivity contribution is 7.14. The van der Waals surface area contributed by atoms with Gasteiger partial charge in [0.2, 0.25) is 5.28 Å². The van der Waals surface area contributed by atoms with Crippen molar-refractivity contribution in [2.75, 3.05) is 5.32 Å². The Morgan fingerprint density at radius 1 is 1.15 bits per heavy atom. The number of imidazole rings is 1. The van der Waals surface area contributed by atoms with Gasteiger partial charge in [-0.2, -0.15) is 9.97 Å². The standard InChI is InChI=1S/C17H16ClN7S/c1-10(2)25-9-20-13-14(21-17(18)22-15(13)25)19-8-12-23-24-16(26-12)11-6-4-3-5-7-11/h3-7,9-10H,8H2,1-2H3,(H,19,21,22). The summed E-state index contributed by atoms with van der Waals surface area (Å²) in [7, 11) is 0. The third-order valence-electron chi connectivity index (χ3n) is 3.85. The Kier molecular flexibility index (Phi) is 4.52. The number of hydrogen-bond donors (Lipinski definition) is 1. The number of benzene rings is 1. The second kappa shape index (κ2) is 6.97. The zero-order valence-corrected chi connectivity index (χ0v) is 15.8. The van der Waals surface area contributed by atoms with Gasteiger partial charge in [0.15, 0.2) is 17.0 Å². The van der Waals surface area contributed by atoms with Gasteiger partial charge in [-0.1, -0.05) is 41.7 Å². The van der Waals surface area contributed by atoms with E-state index in [1.54, 1.807) is 6.33 Å². The van der Waals surface area contributed by atoms with Crippen LogP contribution in [0.15, 0.2) is 36.7 Å². The highest BCUT2D eigenvalue weighted by Crippen LogP contribution is 2.26. The molecule has 0 fully saturated rings. The van der Waals surface area contributed by atoms with Crippen molar-refractivity contribution in [1.29, 1.82) is 0 Å². The van der Waals surface area contributed by atoms with Gasteiger partial charge >= 0.3 is 0 Å². The number of fused-ring (bicyclic) bond motifs is 1. The fraction of sp³-hybridized carbons (Fsp3) is 0.235. The Labute approximate surface area is 159 Å². The van der Waals surface area contributed by atoms with Gasteiger partial charge in [-0.05, 0) is 25.4 Å². The zero-order valence-electron chi connectivity index (χ0n) is 14.2. The fourth-order valence-corrected chi connectivity index (χ4v) is 3.52. The van der Waals surface area contributed by atoms with Crippen LogP contribution in [0.25, 0.3) is 21.7 Å². The molecule has 0 saturated heterocycles. The lowest BCUT2D eigenvalue weighted by Crippen LogP contribution is -2.05. The first-order chi connectivity index (χ1) is 12.6. The molecule has 132 valence electrons. The normalized spacial score (nSPS) is 11.4. The predicted molar refractivity (Wildman–Crippen MR) is 103 cm³/mol. The minimum Gasteiger partial charge on any atom is -0.361 e. The summed E-state index contributed by atoms with van der Waals surface area (Å²) in [5, 5.41) is 13.7. The summed E-state index contributed by atoms with van der Waals surface area (Å²) >= 11 is 7.63. The molecule has 3 heterocycles. The molecule has 26 heavy (non-hydrogen) atoms. The molecular weight excluding hydrogens is 370 g/mol. The van der Waals surface area contributed by atoms with Crippen molar-refractivity contribution in [2.45, 2.75) is 26.4 Å². The van der Waals surface area contributed by atoms with E-state index in [9.17, 15) is 0 Å². The third-order valence-corrected chi connectivity index (χ3v) is 4.99. The number of nitrogens with one attached hydrogen (secondary N) is 1. The number of anilines is 1. The number of halogens is 1. The molecule has 9 heteroatoms. The van der Waals surface area contributed by atoms with Crippen LogP contribution in [0.1, 0.15) is 24.9 Å². The van der Waals surface area contributed by atoms with Crippen LogP contribution in [0.2, 0.25) is 5.28 Å². The molecule has 0 aliphatic heterocycles. The lowest BCUT2D eigenvalue weighted by Gasteiger charge is -2.08. The summed E-state index contributed by atoms with van der Waals surface area (Å²) in [6.45, 7) is 4.62. The first-order valence-electron chi connectivity index (χ1n) is 8.13. The molecule has 0 aliphatic carbocycles. The number of hydrogen-bond acceptors (Lipinski definition) is 7. The molecule has 0 unspecified atom stereocenters. The summed E-state index contributed by atoms with van der Waals surface area (Å²) in [4.78, 5) is 13.0. The maximum absolute atomic E-state index is 6.09. The highest BCUT2D eigenvalue weighted by Gasteiger charge is 2.15. The lowest BCUT2D eigenvalue weighted by atomic mass is 10.2. The molecule has 4 rings (SSSR count). The van der Waals surface area contributed by atoms with E-state index in [1.807, 2.05) is 34.9 Å². The van der Waals surface area contributed by atoms with E-state index in [0.717, 1.165) is 15.6 Å². The van der Waals surface area contributed by atoms with E-state index in [-0.39, 0.29) is 11.3 Å². The van der Waals surface area contributed by atoms with Gasteiger partial charge in [0.25, 0.3) is 0 Å². The van der Waals surface area contributed by atoms with Crippen LogP contribution in [-0.2, 0) is 6.54 Å². The van der Waals surface area contributed by atoms with Crippen LogP contribution in [0.3, 0.4) is 0 Å². The Morgan fingerprint density at radius 3 is 2.73 bits per heavy atom. The van der Waals surface area contributed by atoms with E-state index in [2.05, 4.69) is 44.3 Å². The monoisotopic (exact) mass is 385 g/mol. The summed E-state index contributed by atoms with van der Waals surface area (Å²) in [5.74, 6) is 0.593. The van der Waals surface area contributed by atoms with Gasteiger partial charge in [0.05, 0.1) is 12.9 Å². The SMILES string of the molecule is CC(C)n1cnc2c(NCc3nnc(-c4ccccc4)s3)nc(Cl)nc21. The Hall–Kier alpha value is -2.58. The Bertz CT molecular complexity index is 1040. The van der Waals surface area contributed by atoms with Gasteiger partial charge in [-0.15, -0.1) is 10.2 Å². The average molecular weight is 386 g/mol. The van der Waals surface area contributed by atoms with Crippen LogP contribution < -0.4 is 5.32 Å². The van der Waals surface area contributed by atoms with Crippen LogP contribution in [-0.4, -0.2) is 29.7 Å². The van der Waals surface area contributed by atoms with Crippen LogP contribution in [0, 0.1) is 0 Å². The summed E-state index contributed by atoms with van der Waals surface area (Å²) in [5.41, 5.74) is 2.46. The van der Waals surface area contributed by atoms with Gasteiger partial charge in [0, 0.05) is 11.6 Å². The predicted octanol–water partition coefficient (Wildman–Crippen LogP) is 4.19. The maximum atomic E-state index is 6.09. The fourth-order valence-electron chi connectivity index (χ4n) is 2.57. The highest BCUT2D eigenvalue weighted by atomic mass is 35.5. The van der Waals surface area contributed by atoms with Crippen LogP contribution in [0.5, 0.6) is 0 Å². The molecule has 0 radical (unpaired) electrons. The van der Waals surface area contributed by atoms with E-state index >= 15 is 0 Å². The van der Waals surface area contributed by atoms with Crippen molar-refractivity contribution in [3.63, 3.8) is 0 Å². The lowest BCUT2D eigenvalue weighted by molar-refractivity contribution is 0.612. The summed E-state index contributed by atoms with van der Waals surface area (Å²) in [6.07, 6.45) is 1.75. The minimum atomic E-state index is 0.185. The number of nitrogens with zero attached hydrogens (tertiary/aromatic N) is 6. The van der Waals surface area contributed by atoms with E-state index in [0.29, 0.717) is 23.5 Å². The van der Waals surface area contributed by atoms with Crippen molar-refractivity contribution in [2.24, 2.45) is 0 Å². The van der Waals surface area contributed by atoms with Gasteiger partial charge in [-0.3, -0.25) is 0 Å². The maximum Gasteiger partial charge on any atom is 0.226 e. The van der Waals surface area contributed by atoms with Crippen molar-refractivity contribution >= 4 is 39.9 Å². The van der Waals surface area contributed by atoms with Gasteiger partial charge < -0.3 is 9.88 Å². The third kappa shape index (κ3) is 3.25. The smallest absolute Gasteiger partial charge is 0.226 e. The van der Waals surface area contributed by atoms with Crippen molar-refractivity contribution in [3.05, 3.63) is 47.0 Å². The van der Waals surface area contributed by atoms with Crippen molar-refractivity contribution < 1.29 is 0 Å². The molecule has 7 nitrogen and oxygen atoms in total. The molecule has 0 saturated carbocycles. The topological polar surface area (TPSA) is 81.4 Å². The number of aromatic nitrogens is 6. The quantitative estimate of drug-likeness (QED) is 0.519. The van der Waals surface area contributed by atoms with Crippen molar-refractivity contribution in [1.82, 2.24) is 29.7 Å². The molecule has 3 aromatic heterocycles. The molecule has 4 aromatic rings. The number of rotatable bonds is 5. The van der Waals surface area contributed by atoms with E-state index < -0.39 is 0 Å². The van der Waals surface area contributed by atoms with E-state index in [1.165, 1.54) is 11.3 Å². The first-order valence-corrected chi connectivity index (χ1v) is 9.33. The largest absolute Gasteiger partial charge is 0.361 e. The van der Waals surface area contributed by atoms with Crippen molar-refractivity contribution in [3.8, 4) is 10.6 Å². The molecule has 1 aromatic carbocycles. The van der Waals surface area contributed by atoms with Crippen LogP contribution in [0.4, 0.5) is 5.82 Å². The molecule has 0 atom stereocenters. The Balaban J connectivity index is 1.58. The molecule has 0 aliphatic rings. The summed E-state index contributed by atoms with van der Waals surface area (Å²) < 4.78 is 1.96. The second-order valence-electron chi connectivity index (χ2n) is 5.98. The molecular formula is C17H16ClN7S. The molecule has 0 bridgehead atoms. The summed E-state index contributed by atoms with van der Waals surface area (Å²) in [6, 6.07) is 10.2. The van der Waals surface area contributed by atoms with E-state index in [4.69, 9.17) is 11.6 Å². The average Bonchev–Trinajstić information content (AvgIpc) is 3.27.